The summed E-state index contributed by atoms with van der Waals surface area (Å²) in [6.45, 7) is 4.18. The maximum atomic E-state index is 14.0. The summed E-state index contributed by atoms with van der Waals surface area (Å²) < 4.78 is 14.0. The van der Waals surface area contributed by atoms with Gasteiger partial charge >= 0.3 is 0 Å². The third-order valence-corrected chi connectivity index (χ3v) is 3.93. The van der Waals surface area contributed by atoms with Crippen LogP contribution in [0.5, 0.6) is 0 Å². The molecular formula is C17H19ClFN. The van der Waals surface area contributed by atoms with E-state index in [-0.39, 0.29) is 11.9 Å². The van der Waals surface area contributed by atoms with E-state index in [0.717, 1.165) is 6.42 Å². The molecule has 3 heteroatoms. The van der Waals surface area contributed by atoms with E-state index in [1.807, 2.05) is 7.05 Å². The van der Waals surface area contributed by atoms with E-state index in [1.54, 1.807) is 12.1 Å². The van der Waals surface area contributed by atoms with Crippen molar-refractivity contribution >= 4 is 11.6 Å². The van der Waals surface area contributed by atoms with Gasteiger partial charge in [-0.05, 0) is 56.1 Å². The summed E-state index contributed by atoms with van der Waals surface area (Å²) in [5, 5.41) is 3.60. The van der Waals surface area contributed by atoms with Gasteiger partial charge in [-0.2, -0.15) is 0 Å². The van der Waals surface area contributed by atoms with Gasteiger partial charge in [0.2, 0.25) is 0 Å². The second-order valence-electron chi connectivity index (χ2n) is 5.13. The van der Waals surface area contributed by atoms with Crippen LogP contribution in [0.3, 0.4) is 0 Å². The van der Waals surface area contributed by atoms with Gasteiger partial charge in [0.1, 0.15) is 5.82 Å². The molecular weight excluding hydrogens is 273 g/mol. The van der Waals surface area contributed by atoms with Crippen LogP contribution < -0.4 is 5.32 Å². The molecule has 20 heavy (non-hydrogen) atoms. The van der Waals surface area contributed by atoms with Crippen LogP contribution in [0, 0.1) is 19.7 Å². The fraction of sp³-hybridized carbons (Fsp3) is 0.294. The molecule has 0 fully saturated rings. The van der Waals surface area contributed by atoms with E-state index in [9.17, 15) is 4.39 Å². The van der Waals surface area contributed by atoms with Crippen molar-refractivity contribution in [3.63, 3.8) is 0 Å². The zero-order valence-corrected chi connectivity index (χ0v) is 12.8. The normalized spacial score (nSPS) is 12.4. The van der Waals surface area contributed by atoms with Gasteiger partial charge in [-0.15, -0.1) is 0 Å². The highest BCUT2D eigenvalue weighted by Gasteiger charge is 2.15. The predicted molar refractivity (Wildman–Crippen MR) is 82.8 cm³/mol. The molecule has 1 unspecified atom stereocenters. The van der Waals surface area contributed by atoms with Crippen molar-refractivity contribution in [1.29, 1.82) is 0 Å². The third kappa shape index (κ3) is 3.38. The van der Waals surface area contributed by atoms with E-state index >= 15 is 0 Å². The molecule has 0 saturated carbocycles. The minimum atomic E-state index is -0.263. The van der Waals surface area contributed by atoms with Crippen molar-refractivity contribution in [2.24, 2.45) is 0 Å². The first-order chi connectivity index (χ1) is 9.51. The van der Waals surface area contributed by atoms with E-state index in [2.05, 4.69) is 37.4 Å². The number of rotatable bonds is 4. The summed E-state index contributed by atoms with van der Waals surface area (Å²) in [4.78, 5) is 0. The summed E-state index contributed by atoms with van der Waals surface area (Å²) >= 11 is 5.80. The van der Waals surface area contributed by atoms with Crippen LogP contribution in [-0.2, 0) is 6.42 Å². The van der Waals surface area contributed by atoms with Crippen LogP contribution in [-0.4, -0.2) is 7.05 Å². The topological polar surface area (TPSA) is 12.0 Å². The highest BCUT2D eigenvalue weighted by atomic mass is 35.5. The minimum absolute atomic E-state index is 0.0608. The Morgan fingerprint density at radius 3 is 2.45 bits per heavy atom. The smallest absolute Gasteiger partial charge is 0.129 e. The fourth-order valence-corrected chi connectivity index (χ4v) is 2.48. The largest absolute Gasteiger partial charge is 0.313 e. The Bertz CT molecular complexity index is 610. The van der Waals surface area contributed by atoms with E-state index < -0.39 is 0 Å². The summed E-state index contributed by atoms with van der Waals surface area (Å²) in [5.74, 6) is -0.263. The Hall–Kier alpha value is -1.38. The molecule has 0 spiro atoms. The van der Waals surface area contributed by atoms with Crippen molar-refractivity contribution in [2.75, 3.05) is 7.05 Å². The fourth-order valence-electron chi connectivity index (χ4n) is 2.32. The first kappa shape index (κ1) is 15.0. The Labute approximate surface area is 124 Å². The number of hydrogen-bond donors (Lipinski definition) is 1. The van der Waals surface area contributed by atoms with Crippen LogP contribution in [0.1, 0.15) is 28.3 Å². The highest BCUT2D eigenvalue weighted by molar-refractivity contribution is 6.30. The Balaban J connectivity index is 2.26. The zero-order valence-electron chi connectivity index (χ0n) is 12.0. The summed E-state index contributed by atoms with van der Waals surface area (Å²) in [6, 6.07) is 11.1. The number of benzene rings is 2. The average Bonchev–Trinajstić information content (AvgIpc) is 2.41. The first-order valence-corrected chi connectivity index (χ1v) is 7.07. The molecule has 0 aliphatic carbocycles. The molecule has 0 aliphatic rings. The van der Waals surface area contributed by atoms with Crippen molar-refractivity contribution in [3.8, 4) is 0 Å². The lowest BCUT2D eigenvalue weighted by Gasteiger charge is -2.18. The molecule has 2 aromatic carbocycles. The number of halogens is 2. The average molecular weight is 292 g/mol. The molecule has 0 saturated heterocycles. The van der Waals surface area contributed by atoms with Crippen LogP contribution in [0.25, 0.3) is 0 Å². The molecule has 0 aromatic heterocycles. The van der Waals surface area contributed by atoms with Crippen molar-refractivity contribution < 1.29 is 4.39 Å². The number of aryl methyl sites for hydroxylation is 2. The quantitative estimate of drug-likeness (QED) is 0.868. The van der Waals surface area contributed by atoms with Gasteiger partial charge < -0.3 is 5.32 Å². The maximum Gasteiger partial charge on any atom is 0.129 e. The number of likely N-dealkylation sites (N-methyl/N-ethyl adjacent to an activating group) is 1. The molecule has 2 aromatic rings. The van der Waals surface area contributed by atoms with Crippen LogP contribution in [0.4, 0.5) is 4.39 Å². The molecule has 1 nitrogen and oxygen atoms in total. The van der Waals surface area contributed by atoms with Crippen LogP contribution in [0.2, 0.25) is 5.02 Å². The van der Waals surface area contributed by atoms with E-state index in [4.69, 9.17) is 11.6 Å². The molecule has 1 atom stereocenters. The maximum absolute atomic E-state index is 14.0. The molecule has 0 heterocycles. The molecule has 0 aliphatic heterocycles. The van der Waals surface area contributed by atoms with Crippen molar-refractivity contribution in [2.45, 2.75) is 26.3 Å². The standard InChI is InChI=1S/C17H19ClFN/c1-11-4-5-13(8-12(11)2)9-17(20-3)15-7-6-14(18)10-16(15)19/h4-8,10,17,20H,9H2,1-3H3. The lowest BCUT2D eigenvalue weighted by molar-refractivity contribution is 0.534. The monoisotopic (exact) mass is 291 g/mol. The highest BCUT2D eigenvalue weighted by Crippen LogP contribution is 2.24. The lowest BCUT2D eigenvalue weighted by Crippen LogP contribution is -2.20. The van der Waals surface area contributed by atoms with Crippen LogP contribution >= 0.6 is 11.6 Å². The van der Waals surface area contributed by atoms with Gasteiger partial charge in [0.15, 0.2) is 0 Å². The third-order valence-electron chi connectivity index (χ3n) is 3.70. The Morgan fingerprint density at radius 1 is 1.10 bits per heavy atom. The summed E-state index contributed by atoms with van der Waals surface area (Å²) in [5.41, 5.74) is 4.37. The van der Waals surface area contributed by atoms with E-state index in [1.165, 1.54) is 22.8 Å². The first-order valence-electron chi connectivity index (χ1n) is 6.69. The second kappa shape index (κ2) is 6.38. The van der Waals surface area contributed by atoms with Gasteiger partial charge in [0.05, 0.1) is 0 Å². The minimum Gasteiger partial charge on any atom is -0.313 e. The SMILES string of the molecule is CNC(Cc1ccc(C)c(C)c1)c1ccc(Cl)cc1F. The zero-order chi connectivity index (χ0) is 14.7. The van der Waals surface area contributed by atoms with Gasteiger partial charge in [-0.1, -0.05) is 35.9 Å². The second-order valence-corrected chi connectivity index (χ2v) is 5.57. The van der Waals surface area contributed by atoms with Gasteiger partial charge in [0.25, 0.3) is 0 Å². The van der Waals surface area contributed by atoms with E-state index in [0.29, 0.717) is 10.6 Å². The van der Waals surface area contributed by atoms with Crippen molar-refractivity contribution in [3.05, 3.63) is 69.5 Å². The molecule has 2 rings (SSSR count). The molecule has 106 valence electrons. The number of hydrogen-bond acceptors (Lipinski definition) is 1. The van der Waals surface area contributed by atoms with Gasteiger partial charge in [-0.3, -0.25) is 0 Å². The molecule has 0 radical (unpaired) electrons. The molecule has 1 N–H and O–H groups in total. The summed E-state index contributed by atoms with van der Waals surface area (Å²) in [6.07, 6.45) is 0.746. The van der Waals surface area contributed by atoms with Gasteiger partial charge in [0, 0.05) is 16.6 Å². The predicted octanol–water partition coefficient (Wildman–Crippen LogP) is 4.60. The Morgan fingerprint density at radius 2 is 1.85 bits per heavy atom. The number of nitrogens with one attached hydrogen (secondary N) is 1. The summed E-state index contributed by atoms with van der Waals surface area (Å²) in [7, 11) is 1.85. The lowest BCUT2D eigenvalue weighted by atomic mass is 9.96. The van der Waals surface area contributed by atoms with Crippen molar-refractivity contribution in [1.82, 2.24) is 5.32 Å². The van der Waals surface area contributed by atoms with Crippen LogP contribution in [0.15, 0.2) is 36.4 Å². The molecule has 0 amide bonds. The Kier molecular flexibility index (Phi) is 4.79. The molecule has 0 bridgehead atoms. The van der Waals surface area contributed by atoms with Gasteiger partial charge in [-0.25, -0.2) is 4.39 Å².